The maximum atomic E-state index is 14.4. The number of likely N-dealkylation sites (tertiary alicyclic amines) is 1. The molecule has 1 aliphatic heterocycles. The number of halogens is 3. The second-order valence-electron chi connectivity index (χ2n) is 8.20. The smallest absolute Gasteiger partial charge is 0.257 e. The van der Waals surface area contributed by atoms with Crippen molar-refractivity contribution in [2.75, 3.05) is 26.2 Å². The standard InChI is InChI=1S/C25H26Cl2FN3O2S/c26-18-8-9-21(27)23(14-18)33-16-24-29-19(17-34-24)15-31(13-12-30-10-4-1-5-11-30)25(32)20-6-2-3-7-22(20)28/h2-3,6-9,14,17H,1,4-5,10-13,15-16H2. The van der Waals surface area contributed by atoms with Crippen LogP contribution in [-0.4, -0.2) is 46.9 Å². The fraction of sp³-hybridized carbons (Fsp3) is 0.360. The van der Waals surface area contributed by atoms with E-state index in [9.17, 15) is 9.18 Å². The van der Waals surface area contributed by atoms with Gasteiger partial charge in [-0.1, -0.05) is 41.8 Å². The summed E-state index contributed by atoms with van der Waals surface area (Å²) < 4.78 is 20.1. The van der Waals surface area contributed by atoms with Crippen molar-refractivity contribution < 1.29 is 13.9 Å². The molecule has 2 heterocycles. The first-order valence-electron chi connectivity index (χ1n) is 11.3. The summed E-state index contributed by atoms with van der Waals surface area (Å²) in [6, 6.07) is 11.1. The van der Waals surface area contributed by atoms with E-state index >= 15 is 0 Å². The van der Waals surface area contributed by atoms with Crippen LogP contribution in [0.25, 0.3) is 0 Å². The molecule has 0 spiro atoms. The van der Waals surface area contributed by atoms with Gasteiger partial charge >= 0.3 is 0 Å². The summed E-state index contributed by atoms with van der Waals surface area (Å²) in [6.07, 6.45) is 3.60. The van der Waals surface area contributed by atoms with Gasteiger partial charge in [-0.3, -0.25) is 4.79 Å². The number of amides is 1. The molecule has 0 N–H and O–H groups in total. The summed E-state index contributed by atoms with van der Waals surface area (Å²) in [4.78, 5) is 21.9. The topological polar surface area (TPSA) is 45.7 Å². The number of rotatable bonds is 9. The van der Waals surface area contributed by atoms with E-state index in [0.29, 0.717) is 28.9 Å². The minimum Gasteiger partial charge on any atom is -0.485 e. The summed E-state index contributed by atoms with van der Waals surface area (Å²) in [6.45, 7) is 3.87. The molecule has 0 aliphatic carbocycles. The molecule has 4 rings (SSSR count). The summed E-state index contributed by atoms with van der Waals surface area (Å²) in [5.41, 5.74) is 0.819. The van der Waals surface area contributed by atoms with Gasteiger partial charge in [0.05, 0.1) is 22.8 Å². The fourth-order valence-corrected chi connectivity index (χ4v) is 4.94. The van der Waals surface area contributed by atoms with Gasteiger partial charge in [-0.25, -0.2) is 9.37 Å². The third kappa shape index (κ3) is 6.69. The third-order valence-corrected chi connectivity index (χ3v) is 7.14. The van der Waals surface area contributed by atoms with Crippen molar-refractivity contribution in [2.24, 2.45) is 0 Å². The lowest BCUT2D eigenvalue weighted by atomic mass is 10.1. The highest BCUT2D eigenvalue weighted by atomic mass is 35.5. The van der Waals surface area contributed by atoms with Crippen LogP contribution in [0.2, 0.25) is 10.0 Å². The molecule has 180 valence electrons. The molecule has 1 aliphatic rings. The monoisotopic (exact) mass is 521 g/mol. The number of benzene rings is 2. The van der Waals surface area contributed by atoms with E-state index in [1.54, 1.807) is 35.2 Å². The van der Waals surface area contributed by atoms with Gasteiger partial charge in [0, 0.05) is 29.6 Å². The Morgan fingerprint density at radius 3 is 2.74 bits per heavy atom. The second kappa shape index (κ2) is 12.0. The number of hydrogen-bond acceptors (Lipinski definition) is 5. The van der Waals surface area contributed by atoms with E-state index in [2.05, 4.69) is 9.88 Å². The van der Waals surface area contributed by atoms with Gasteiger partial charge in [0.2, 0.25) is 0 Å². The Labute approximate surface area is 213 Å². The van der Waals surface area contributed by atoms with Crippen molar-refractivity contribution in [2.45, 2.75) is 32.4 Å². The average molecular weight is 522 g/mol. The van der Waals surface area contributed by atoms with Crippen molar-refractivity contribution in [3.63, 3.8) is 0 Å². The predicted molar refractivity (Wildman–Crippen MR) is 134 cm³/mol. The van der Waals surface area contributed by atoms with Crippen molar-refractivity contribution >= 4 is 40.4 Å². The molecule has 1 amide bonds. The number of aromatic nitrogens is 1. The first kappa shape index (κ1) is 24.9. The van der Waals surface area contributed by atoms with Crippen LogP contribution in [0, 0.1) is 5.82 Å². The first-order chi connectivity index (χ1) is 16.5. The van der Waals surface area contributed by atoms with Crippen LogP contribution >= 0.6 is 34.5 Å². The van der Waals surface area contributed by atoms with Crippen LogP contribution in [0.4, 0.5) is 4.39 Å². The largest absolute Gasteiger partial charge is 0.485 e. The van der Waals surface area contributed by atoms with Crippen molar-refractivity contribution in [3.05, 3.63) is 80.0 Å². The van der Waals surface area contributed by atoms with Crippen molar-refractivity contribution in [3.8, 4) is 5.75 Å². The minimum absolute atomic E-state index is 0.0792. The predicted octanol–water partition coefficient (Wildman–Crippen LogP) is 6.30. The van der Waals surface area contributed by atoms with Gasteiger partial charge in [-0.05, 0) is 50.2 Å². The van der Waals surface area contributed by atoms with Gasteiger partial charge in [0.1, 0.15) is 23.2 Å². The Morgan fingerprint density at radius 2 is 1.94 bits per heavy atom. The highest BCUT2D eigenvalue weighted by molar-refractivity contribution is 7.09. The molecule has 0 atom stereocenters. The molecule has 0 saturated carbocycles. The summed E-state index contributed by atoms with van der Waals surface area (Å²) in [5.74, 6) is -0.350. The molecule has 1 fully saturated rings. The number of ether oxygens (including phenoxy) is 1. The first-order valence-corrected chi connectivity index (χ1v) is 12.9. The lowest BCUT2D eigenvalue weighted by Gasteiger charge is -2.30. The quantitative estimate of drug-likeness (QED) is 0.331. The highest BCUT2D eigenvalue weighted by Gasteiger charge is 2.22. The SMILES string of the molecule is O=C(c1ccccc1F)N(CCN1CCCCC1)Cc1csc(COc2cc(Cl)ccc2Cl)n1. The molecule has 1 saturated heterocycles. The zero-order valence-electron chi connectivity index (χ0n) is 18.7. The summed E-state index contributed by atoms with van der Waals surface area (Å²) in [5, 5.41) is 3.66. The van der Waals surface area contributed by atoms with E-state index < -0.39 is 5.82 Å². The normalized spacial score (nSPS) is 14.2. The highest BCUT2D eigenvalue weighted by Crippen LogP contribution is 2.28. The molecule has 9 heteroatoms. The molecule has 5 nitrogen and oxygen atoms in total. The van der Waals surface area contributed by atoms with E-state index in [4.69, 9.17) is 27.9 Å². The molecule has 34 heavy (non-hydrogen) atoms. The fourth-order valence-electron chi connectivity index (χ4n) is 3.91. The molecular weight excluding hydrogens is 496 g/mol. The Bertz CT molecular complexity index is 1120. The van der Waals surface area contributed by atoms with E-state index in [1.807, 2.05) is 5.38 Å². The summed E-state index contributed by atoms with van der Waals surface area (Å²) >= 11 is 13.6. The molecule has 3 aromatic rings. The Kier molecular flexibility index (Phi) is 8.78. The third-order valence-electron chi connectivity index (χ3n) is 5.72. The average Bonchev–Trinajstić information content (AvgIpc) is 3.30. The van der Waals surface area contributed by atoms with Crippen LogP contribution in [0.1, 0.15) is 40.3 Å². The van der Waals surface area contributed by atoms with E-state index in [0.717, 1.165) is 30.3 Å². The van der Waals surface area contributed by atoms with E-state index in [-0.39, 0.29) is 18.1 Å². The molecule has 0 radical (unpaired) electrons. The second-order valence-corrected chi connectivity index (χ2v) is 9.99. The lowest BCUT2D eigenvalue weighted by Crippen LogP contribution is -2.40. The number of carbonyl (C=O) groups is 1. The van der Waals surface area contributed by atoms with Gasteiger partial charge in [0.25, 0.3) is 5.91 Å². The maximum Gasteiger partial charge on any atom is 0.257 e. The maximum absolute atomic E-state index is 14.4. The van der Waals surface area contributed by atoms with Crippen LogP contribution in [0.3, 0.4) is 0 Å². The van der Waals surface area contributed by atoms with Gasteiger partial charge in [-0.2, -0.15) is 0 Å². The van der Waals surface area contributed by atoms with Gasteiger partial charge in [-0.15, -0.1) is 11.3 Å². The van der Waals surface area contributed by atoms with Crippen molar-refractivity contribution in [1.82, 2.24) is 14.8 Å². The Hall–Kier alpha value is -2.19. The molecular formula is C25H26Cl2FN3O2S. The number of nitrogens with zero attached hydrogens (tertiary/aromatic N) is 3. The number of carbonyl (C=O) groups excluding carboxylic acids is 1. The number of piperidine rings is 1. The summed E-state index contributed by atoms with van der Waals surface area (Å²) in [7, 11) is 0. The van der Waals surface area contributed by atoms with Crippen LogP contribution in [0.5, 0.6) is 5.75 Å². The van der Waals surface area contributed by atoms with E-state index in [1.165, 1.54) is 42.7 Å². The molecule has 2 aromatic carbocycles. The van der Waals surface area contributed by atoms with Crippen LogP contribution in [-0.2, 0) is 13.2 Å². The Morgan fingerprint density at radius 1 is 1.15 bits per heavy atom. The minimum atomic E-state index is -0.513. The van der Waals surface area contributed by atoms with Gasteiger partial charge < -0.3 is 14.5 Å². The van der Waals surface area contributed by atoms with Crippen LogP contribution < -0.4 is 4.74 Å². The molecule has 0 unspecified atom stereocenters. The number of hydrogen-bond donors (Lipinski definition) is 0. The lowest BCUT2D eigenvalue weighted by molar-refractivity contribution is 0.0708. The Balaban J connectivity index is 1.43. The molecule has 0 bridgehead atoms. The zero-order chi connectivity index (χ0) is 23.9. The van der Waals surface area contributed by atoms with Crippen molar-refractivity contribution in [1.29, 1.82) is 0 Å². The molecule has 1 aromatic heterocycles. The van der Waals surface area contributed by atoms with Crippen LogP contribution in [0.15, 0.2) is 47.8 Å². The number of thiazole rings is 1. The van der Waals surface area contributed by atoms with Gasteiger partial charge in [0.15, 0.2) is 0 Å². The zero-order valence-corrected chi connectivity index (χ0v) is 21.0.